The average Bonchev–Trinajstić information content (AvgIpc) is 2.14. The summed E-state index contributed by atoms with van der Waals surface area (Å²) in [6.07, 6.45) is 1.49. The van der Waals surface area contributed by atoms with Gasteiger partial charge in [0.1, 0.15) is 17.3 Å². The third-order valence-electron chi connectivity index (χ3n) is 1.48. The van der Waals surface area contributed by atoms with Crippen molar-refractivity contribution in [3.63, 3.8) is 0 Å². The quantitative estimate of drug-likeness (QED) is 0.321. The van der Waals surface area contributed by atoms with Crippen LogP contribution in [0.25, 0.3) is 0 Å². The van der Waals surface area contributed by atoms with E-state index in [9.17, 15) is 8.42 Å². The molecule has 1 rings (SSSR count). The van der Waals surface area contributed by atoms with Gasteiger partial charge in [-0.05, 0) is 12.1 Å². The van der Waals surface area contributed by atoms with Crippen LogP contribution in [0.3, 0.4) is 0 Å². The average molecular weight is 252 g/mol. The molecule has 0 aliphatic carbocycles. The van der Waals surface area contributed by atoms with Gasteiger partial charge in [-0.1, -0.05) is 24.8 Å². The summed E-state index contributed by atoms with van der Waals surface area (Å²) in [4.78, 5) is -0.234. The van der Waals surface area contributed by atoms with Gasteiger partial charge in [0, 0.05) is 0 Å². The molecule has 4 nitrogen and oxygen atoms in total. The van der Waals surface area contributed by atoms with Gasteiger partial charge in [-0.3, -0.25) is 4.55 Å². The Hall–Kier alpha value is -0.330. The summed E-state index contributed by atoms with van der Waals surface area (Å²) < 4.78 is 35.6. The number of rotatable bonds is 4. The molecule has 6 heteroatoms. The van der Waals surface area contributed by atoms with Crippen LogP contribution in [0, 0.1) is 7.43 Å². The number of ether oxygens (including phenoxy) is 1. The fraction of sp³-hybridized carbons (Fsp3) is 0.100. The van der Waals surface area contributed by atoms with E-state index < -0.39 is 10.1 Å². The third kappa shape index (κ3) is 5.14. The summed E-state index contributed by atoms with van der Waals surface area (Å²) in [7, 11) is -4.22. The second kappa shape index (κ2) is 7.86. The van der Waals surface area contributed by atoms with Gasteiger partial charge in [0.2, 0.25) is 0 Å². The Morgan fingerprint density at radius 2 is 1.94 bits per heavy atom. The molecule has 1 aromatic carbocycles. The predicted octanol–water partition coefficient (Wildman–Crippen LogP) is -1.05. The molecule has 1 N–H and O–H groups in total. The van der Waals surface area contributed by atoms with Crippen molar-refractivity contribution in [1.82, 2.24) is 0 Å². The summed E-state index contributed by atoms with van der Waals surface area (Å²) in [5, 5.41) is 0. The molecule has 0 saturated carbocycles. The first-order valence-electron chi connectivity index (χ1n) is 3.86. The van der Waals surface area contributed by atoms with E-state index in [4.69, 9.17) is 9.29 Å². The molecule has 1 aromatic rings. The Bertz CT molecular complexity index is 428. The number of hydrogen-bond acceptors (Lipinski definition) is 3. The standard InChI is InChI=1S/C9H10O4S.CH3.Na/c1-2-7-13-8-5-3-4-6-9(8)14(10,11)12;;/h2-6H,1,7H2,(H,10,11,12);1H3;/q;-1;+1. The largest absolute Gasteiger partial charge is 1.00 e. The molecule has 0 atom stereocenters. The van der Waals surface area contributed by atoms with Crippen LogP contribution in [0.2, 0.25) is 0 Å². The van der Waals surface area contributed by atoms with E-state index in [1.807, 2.05) is 0 Å². The molecule has 0 amide bonds. The second-order valence-electron chi connectivity index (χ2n) is 2.52. The summed E-state index contributed by atoms with van der Waals surface area (Å²) in [5.74, 6) is 0.120. The maximum Gasteiger partial charge on any atom is 1.00 e. The topological polar surface area (TPSA) is 63.6 Å². The van der Waals surface area contributed by atoms with Gasteiger partial charge < -0.3 is 12.2 Å². The fourth-order valence-corrected chi connectivity index (χ4v) is 1.56. The van der Waals surface area contributed by atoms with Crippen LogP contribution in [0.1, 0.15) is 0 Å². The Morgan fingerprint density at radius 1 is 1.38 bits per heavy atom. The smallest absolute Gasteiger partial charge is 0.488 e. The van der Waals surface area contributed by atoms with Crippen LogP contribution in [0.15, 0.2) is 41.8 Å². The van der Waals surface area contributed by atoms with Crippen molar-refractivity contribution in [2.24, 2.45) is 0 Å². The zero-order chi connectivity index (χ0) is 10.6. The molecule has 0 bridgehead atoms. The minimum absolute atomic E-state index is 0. The maximum absolute atomic E-state index is 10.9. The van der Waals surface area contributed by atoms with Crippen LogP contribution in [0.4, 0.5) is 0 Å². The number of para-hydroxylation sites is 1. The number of hydrogen-bond donors (Lipinski definition) is 1. The van der Waals surface area contributed by atoms with Crippen LogP contribution < -0.4 is 34.3 Å². The first-order valence-corrected chi connectivity index (χ1v) is 5.30. The van der Waals surface area contributed by atoms with Gasteiger partial charge >= 0.3 is 29.6 Å². The van der Waals surface area contributed by atoms with Gasteiger partial charge in [0.05, 0.1) is 0 Å². The van der Waals surface area contributed by atoms with Crippen LogP contribution >= 0.6 is 0 Å². The monoisotopic (exact) mass is 252 g/mol. The van der Waals surface area contributed by atoms with Crippen molar-refractivity contribution in [2.75, 3.05) is 6.61 Å². The minimum atomic E-state index is -4.22. The summed E-state index contributed by atoms with van der Waals surface area (Å²) in [6.45, 7) is 3.62. The van der Waals surface area contributed by atoms with E-state index in [-0.39, 0.29) is 54.2 Å². The van der Waals surface area contributed by atoms with Crippen LogP contribution in [-0.2, 0) is 10.1 Å². The van der Waals surface area contributed by atoms with Crippen molar-refractivity contribution in [3.8, 4) is 5.75 Å². The van der Waals surface area contributed by atoms with Gasteiger partial charge in [0.15, 0.2) is 0 Å². The Labute approximate surface area is 118 Å². The molecular formula is C10H13NaO4S. The van der Waals surface area contributed by atoms with Crippen LogP contribution in [0.5, 0.6) is 5.75 Å². The first kappa shape index (κ1) is 18.0. The number of benzene rings is 1. The van der Waals surface area contributed by atoms with E-state index in [0.717, 1.165) is 0 Å². The zero-order valence-corrected chi connectivity index (χ0v) is 12.2. The van der Waals surface area contributed by atoms with Crippen molar-refractivity contribution in [3.05, 3.63) is 44.3 Å². The van der Waals surface area contributed by atoms with Crippen molar-refractivity contribution in [2.45, 2.75) is 4.90 Å². The van der Waals surface area contributed by atoms with E-state index >= 15 is 0 Å². The van der Waals surface area contributed by atoms with Gasteiger partial charge in [-0.2, -0.15) is 8.42 Å². The zero-order valence-electron chi connectivity index (χ0n) is 9.38. The Balaban J connectivity index is 0. The van der Waals surface area contributed by atoms with Crippen LogP contribution in [-0.4, -0.2) is 19.6 Å². The van der Waals surface area contributed by atoms with E-state index in [2.05, 4.69) is 6.58 Å². The summed E-state index contributed by atoms with van der Waals surface area (Å²) >= 11 is 0. The van der Waals surface area contributed by atoms with E-state index in [1.54, 1.807) is 6.07 Å². The Morgan fingerprint density at radius 3 is 2.44 bits per heavy atom. The Kier molecular flexibility index (Phi) is 8.87. The molecule has 0 radical (unpaired) electrons. The molecule has 0 saturated heterocycles. The van der Waals surface area contributed by atoms with Crippen molar-refractivity contribution < 1.29 is 47.3 Å². The summed E-state index contributed by atoms with van der Waals surface area (Å²) in [5.41, 5.74) is 0. The predicted molar refractivity (Wildman–Crippen MR) is 58.4 cm³/mol. The minimum Gasteiger partial charge on any atom is -0.488 e. The third-order valence-corrected chi connectivity index (χ3v) is 2.38. The summed E-state index contributed by atoms with van der Waals surface area (Å²) in [6, 6.07) is 5.86. The molecule has 0 aliphatic rings. The van der Waals surface area contributed by atoms with E-state index in [0.29, 0.717) is 0 Å². The molecule has 84 valence electrons. The molecule has 0 aliphatic heterocycles. The maximum atomic E-state index is 10.9. The molecule has 16 heavy (non-hydrogen) atoms. The molecule has 0 aromatic heterocycles. The molecule has 0 fully saturated rings. The molecule has 0 heterocycles. The van der Waals surface area contributed by atoms with E-state index in [1.165, 1.54) is 24.3 Å². The second-order valence-corrected chi connectivity index (χ2v) is 3.91. The SMILES string of the molecule is C=CCOc1ccccc1S(=O)(=O)O.[CH3-].[Na+]. The first-order chi connectivity index (χ1) is 6.55. The molecule has 0 spiro atoms. The molecular weight excluding hydrogens is 239 g/mol. The van der Waals surface area contributed by atoms with Crippen molar-refractivity contribution in [1.29, 1.82) is 0 Å². The fourth-order valence-electron chi connectivity index (χ4n) is 0.931. The van der Waals surface area contributed by atoms with Gasteiger partial charge in [0.25, 0.3) is 10.1 Å². The van der Waals surface area contributed by atoms with Gasteiger partial charge in [-0.25, -0.2) is 0 Å². The van der Waals surface area contributed by atoms with Crippen molar-refractivity contribution >= 4 is 10.1 Å². The molecule has 0 unspecified atom stereocenters. The normalized spacial score (nSPS) is 9.56. The van der Waals surface area contributed by atoms with Gasteiger partial charge in [-0.15, -0.1) is 0 Å².